The molecule has 1 aliphatic rings. The van der Waals surface area contributed by atoms with Gasteiger partial charge in [0.1, 0.15) is 17.8 Å². The van der Waals surface area contributed by atoms with Crippen molar-refractivity contribution in [3.05, 3.63) is 29.8 Å². The fraction of sp³-hybridized carbons (Fsp3) is 0.611. The van der Waals surface area contributed by atoms with Crippen LogP contribution in [0.15, 0.2) is 24.3 Å². The van der Waals surface area contributed by atoms with Crippen molar-refractivity contribution in [2.45, 2.75) is 58.3 Å². The van der Waals surface area contributed by atoms with Crippen LogP contribution in [-0.2, 0) is 11.2 Å². The van der Waals surface area contributed by atoms with Gasteiger partial charge in [0.2, 0.25) is 0 Å². The number of aliphatic carboxylic acids is 1. The maximum absolute atomic E-state index is 11.8. The number of unbranched alkanes of at least 4 members (excludes halogenated alkanes) is 5. The fourth-order valence-electron chi connectivity index (χ4n) is 3.07. The van der Waals surface area contributed by atoms with Gasteiger partial charge in [-0.3, -0.25) is 4.79 Å². The van der Waals surface area contributed by atoms with E-state index in [2.05, 4.69) is 6.92 Å². The molecule has 21 heavy (non-hydrogen) atoms. The van der Waals surface area contributed by atoms with Crippen molar-refractivity contribution in [3.8, 4) is 5.75 Å². The van der Waals surface area contributed by atoms with E-state index in [0.717, 1.165) is 24.2 Å². The molecule has 1 heterocycles. The van der Waals surface area contributed by atoms with Crippen molar-refractivity contribution in [1.82, 2.24) is 0 Å². The van der Waals surface area contributed by atoms with Crippen molar-refractivity contribution in [2.75, 3.05) is 6.61 Å². The predicted molar refractivity (Wildman–Crippen MR) is 83.7 cm³/mol. The van der Waals surface area contributed by atoms with Gasteiger partial charge in [-0.1, -0.05) is 63.6 Å². The minimum absolute atomic E-state index is 0.300. The van der Waals surface area contributed by atoms with Gasteiger partial charge in [-0.2, -0.15) is 0 Å². The standard InChI is InChI=1S/C18H26O3/c1-2-3-4-5-6-9-12-18(17(19)20)13-15-10-7-8-11-16(15)21-14-18/h7-8,10-11H,2-6,9,12-14H2,1H3,(H,19,20). The van der Waals surface area contributed by atoms with Crippen LogP contribution in [0.25, 0.3) is 0 Å². The molecule has 2 rings (SSSR count). The number of carboxylic acids is 1. The zero-order chi connectivity index (χ0) is 15.1. The summed E-state index contributed by atoms with van der Waals surface area (Å²) >= 11 is 0. The molecular formula is C18H26O3. The first-order chi connectivity index (χ1) is 10.2. The Hall–Kier alpha value is -1.51. The topological polar surface area (TPSA) is 46.5 Å². The van der Waals surface area contributed by atoms with Gasteiger partial charge in [0.05, 0.1) is 0 Å². The molecule has 0 radical (unpaired) electrons. The van der Waals surface area contributed by atoms with Gasteiger partial charge in [0.25, 0.3) is 0 Å². The van der Waals surface area contributed by atoms with E-state index in [1.807, 2.05) is 24.3 Å². The van der Waals surface area contributed by atoms with Crippen LogP contribution >= 0.6 is 0 Å². The molecule has 0 amide bonds. The van der Waals surface area contributed by atoms with Crippen LogP contribution in [0, 0.1) is 5.41 Å². The van der Waals surface area contributed by atoms with E-state index in [1.165, 1.54) is 25.7 Å². The van der Waals surface area contributed by atoms with Gasteiger partial charge in [-0.25, -0.2) is 0 Å². The third kappa shape index (κ3) is 3.99. The number of fused-ring (bicyclic) bond motifs is 1. The molecule has 1 aromatic carbocycles. The van der Waals surface area contributed by atoms with Crippen LogP contribution in [0.4, 0.5) is 0 Å². The molecule has 1 unspecified atom stereocenters. The lowest BCUT2D eigenvalue weighted by Gasteiger charge is -2.34. The van der Waals surface area contributed by atoms with Crippen molar-refractivity contribution >= 4 is 5.97 Å². The summed E-state index contributed by atoms with van der Waals surface area (Å²) in [4.78, 5) is 11.8. The maximum Gasteiger partial charge on any atom is 0.313 e. The zero-order valence-corrected chi connectivity index (χ0v) is 12.9. The van der Waals surface area contributed by atoms with Gasteiger partial charge < -0.3 is 9.84 Å². The quantitative estimate of drug-likeness (QED) is 0.720. The zero-order valence-electron chi connectivity index (χ0n) is 12.9. The molecule has 0 spiro atoms. The molecule has 0 saturated carbocycles. The second-order valence-electron chi connectivity index (χ2n) is 6.18. The summed E-state index contributed by atoms with van der Waals surface area (Å²) in [6.45, 7) is 2.50. The van der Waals surface area contributed by atoms with Crippen LogP contribution in [0.3, 0.4) is 0 Å². The Kier molecular flexibility index (Phi) is 5.66. The van der Waals surface area contributed by atoms with E-state index in [0.29, 0.717) is 19.4 Å². The van der Waals surface area contributed by atoms with E-state index in [9.17, 15) is 9.90 Å². The lowest BCUT2D eigenvalue weighted by Crippen LogP contribution is -2.42. The van der Waals surface area contributed by atoms with E-state index in [4.69, 9.17) is 4.74 Å². The Morgan fingerprint density at radius 3 is 2.67 bits per heavy atom. The number of hydrogen-bond acceptors (Lipinski definition) is 2. The number of carbonyl (C=O) groups is 1. The minimum atomic E-state index is -0.737. The second-order valence-corrected chi connectivity index (χ2v) is 6.18. The third-order valence-electron chi connectivity index (χ3n) is 4.47. The Morgan fingerprint density at radius 1 is 1.19 bits per heavy atom. The highest BCUT2D eigenvalue weighted by Gasteiger charge is 2.42. The molecule has 1 atom stereocenters. The van der Waals surface area contributed by atoms with Crippen LogP contribution < -0.4 is 4.74 Å². The maximum atomic E-state index is 11.8. The molecule has 0 saturated heterocycles. The van der Waals surface area contributed by atoms with Gasteiger partial charge >= 0.3 is 5.97 Å². The molecule has 3 nitrogen and oxygen atoms in total. The monoisotopic (exact) mass is 290 g/mol. The van der Waals surface area contributed by atoms with Crippen molar-refractivity contribution in [3.63, 3.8) is 0 Å². The summed E-state index contributed by atoms with van der Waals surface area (Å²) in [7, 11) is 0. The number of para-hydroxylation sites is 1. The summed E-state index contributed by atoms with van der Waals surface area (Å²) in [5.41, 5.74) is 0.288. The van der Waals surface area contributed by atoms with Gasteiger partial charge in [-0.15, -0.1) is 0 Å². The predicted octanol–water partition coefficient (Wildman–Crippen LogP) is 4.44. The average Bonchev–Trinajstić information content (AvgIpc) is 2.50. The normalized spacial score (nSPS) is 20.6. The van der Waals surface area contributed by atoms with Gasteiger partial charge in [0, 0.05) is 0 Å². The fourth-order valence-corrected chi connectivity index (χ4v) is 3.07. The smallest absolute Gasteiger partial charge is 0.313 e. The highest BCUT2D eigenvalue weighted by Crippen LogP contribution is 2.38. The van der Waals surface area contributed by atoms with Gasteiger partial charge in [-0.05, 0) is 24.5 Å². The van der Waals surface area contributed by atoms with Crippen LogP contribution in [0.2, 0.25) is 0 Å². The Bertz CT molecular complexity index is 469. The summed E-state index contributed by atoms with van der Waals surface area (Å²) in [6, 6.07) is 7.78. The van der Waals surface area contributed by atoms with E-state index in [-0.39, 0.29) is 0 Å². The van der Waals surface area contributed by atoms with E-state index in [1.54, 1.807) is 0 Å². The molecule has 1 N–H and O–H groups in total. The highest BCUT2D eigenvalue weighted by molar-refractivity contribution is 5.76. The molecule has 1 aliphatic heterocycles. The van der Waals surface area contributed by atoms with E-state index >= 15 is 0 Å². The molecule has 0 aliphatic carbocycles. The first kappa shape index (κ1) is 15.9. The first-order valence-corrected chi connectivity index (χ1v) is 8.12. The minimum Gasteiger partial charge on any atom is -0.492 e. The largest absolute Gasteiger partial charge is 0.492 e. The number of carboxylic acid groups (broad SMARTS) is 1. The van der Waals surface area contributed by atoms with Crippen molar-refractivity contribution < 1.29 is 14.6 Å². The SMILES string of the molecule is CCCCCCCCC1(C(=O)O)COc2ccccc2C1. The number of rotatable bonds is 8. The molecule has 0 bridgehead atoms. The Morgan fingerprint density at radius 2 is 1.90 bits per heavy atom. The Labute approximate surface area is 127 Å². The van der Waals surface area contributed by atoms with Crippen LogP contribution in [0.1, 0.15) is 57.4 Å². The molecule has 0 aromatic heterocycles. The van der Waals surface area contributed by atoms with E-state index < -0.39 is 11.4 Å². The molecule has 0 fully saturated rings. The Balaban J connectivity index is 1.92. The lowest BCUT2D eigenvalue weighted by molar-refractivity contribution is -0.152. The first-order valence-electron chi connectivity index (χ1n) is 8.12. The van der Waals surface area contributed by atoms with Crippen molar-refractivity contribution in [1.29, 1.82) is 0 Å². The average molecular weight is 290 g/mol. The number of ether oxygens (including phenoxy) is 1. The number of hydrogen-bond donors (Lipinski definition) is 1. The lowest BCUT2D eigenvalue weighted by atomic mass is 9.76. The van der Waals surface area contributed by atoms with Crippen molar-refractivity contribution in [2.24, 2.45) is 5.41 Å². The summed E-state index contributed by atoms with van der Waals surface area (Å²) in [5, 5.41) is 9.68. The second kappa shape index (κ2) is 7.48. The molecule has 1 aromatic rings. The third-order valence-corrected chi connectivity index (χ3v) is 4.47. The highest BCUT2D eigenvalue weighted by atomic mass is 16.5. The molecule has 116 valence electrons. The molecule has 3 heteroatoms. The molecular weight excluding hydrogens is 264 g/mol. The summed E-state index contributed by atoms with van der Waals surface area (Å²) < 4.78 is 5.72. The van der Waals surface area contributed by atoms with Gasteiger partial charge in [0.15, 0.2) is 0 Å². The van der Waals surface area contributed by atoms with Crippen LogP contribution in [-0.4, -0.2) is 17.7 Å². The summed E-state index contributed by atoms with van der Waals surface area (Å²) in [5.74, 6) is 0.128. The van der Waals surface area contributed by atoms with Crippen LogP contribution in [0.5, 0.6) is 5.75 Å². The number of benzene rings is 1. The summed E-state index contributed by atoms with van der Waals surface area (Å²) in [6.07, 6.45) is 8.38.